The van der Waals surface area contributed by atoms with E-state index in [0.717, 1.165) is 67.9 Å². The van der Waals surface area contributed by atoms with Gasteiger partial charge in [-0.2, -0.15) is 0 Å². The van der Waals surface area contributed by atoms with Gasteiger partial charge in [-0.15, -0.1) is 0 Å². The first-order valence-corrected chi connectivity index (χ1v) is 15.7. The monoisotopic (exact) mass is 594 g/mol. The molecule has 1 aliphatic rings. The van der Waals surface area contributed by atoms with E-state index < -0.39 is 0 Å². The predicted octanol–water partition coefficient (Wildman–Crippen LogP) is 10.6. The molecular formula is C42H34N4. The zero-order chi connectivity index (χ0) is 31.2. The molecule has 4 heteroatoms. The van der Waals surface area contributed by atoms with Crippen LogP contribution in [-0.4, -0.2) is 9.13 Å². The van der Waals surface area contributed by atoms with E-state index in [1.165, 1.54) is 16.9 Å². The van der Waals surface area contributed by atoms with Crippen molar-refractivity contribution in [1.82, 2.24) is 9.13 Å². The SMILES string of the molecule is C=Cc1c(/C=C\C)n(-c2ccccc2)c2ccc(N3/C(=C/c4c(N)c5ccccc5n4-c4ccccc4)Cc4ccccc43)cc12. The lowest BCUT2D eigenvalue weighted by atomic mass is 10.1. The molecule has 0 atom stereocenters. The fourth-order valence-electron chi connectivity index (χ4n) is 7.02. The molecule has 0 fully saturated rings. The third-order valence-corrected chi connectivity index (χ3v) is 8.99. The van der Waals surface area contributed by atoms with Crippen LogP contribution in [-0.2, 0) is 6.42 Å². The molecule has 0 radical (unpaired) electrons. The van der Waals surface area contributed by atoms with Crippen molar-refractivity contribution in [2.75, 3.05) is 10.6 Å². The van der Waals surface area contributed by atoms with E-state index in [9.17, 15) is 0 Å². The molecule has 2 N–H and O–H groups in total. The molecule has 0 aliphatic carbocycles. The number of allylic oxidation sites excluding steroid dienone is 2. The Balaban J connectivity index is 1.36. The number of hydrogen-bond acceptors (Lipinski definition) is 2. The van der Waals surface area contributed by atoms with Crippen LogP contribution in [0, 0.1) is 0 Å². The highest BCUT2D eigenvalue weighted by molar-refractivity contribution is 6.00. The summed E-state index contributed by atoms with van der Waals surface area (Å²) in [6.07, 6.45) is 9.32. The molecular weight excluding hydrogens is 560 g/mol. The molecule has 1 aliphatic heterocycles. The second-order valence-electron chi connectivity index (χ2n) is 11.6. The van der Waals surface area contributed by atoms with Gasteiger partial charge in [0.2, 0.25) is 0 Å². The van der Waals surface area contributed by atoms with Crippen molar-refractivity contribution in [2.45, 2.75) is 13.3 Å². The van der Waals surface area contributed by atoms with Crippen molar-refractivity contribution in [2.24, 2.45) is 0 Å². The van der Waals surface area contributed by atoms with Crippen LogP contribution in [0.2, 0.25) is 0 Å². The van der Waals surface area contributed by atoms with Gasteiger partial charge in [0, 0.05) is 51.2 Å². The Morgan fingerprint density at radius 2 is 1.28 bits per heavy atom. The Morgan fingerprint density at radius 1 is 0.652 bits per heavy atom. The number of nitrogen functional groups attached to an aromatic ring is 1. The molecule has 46 heavy (non-hydrogen) atoms. The number of rotatable bonds is 6. The maximum atomic E-state index is 6.96. The van der Waals surface area contributed by atoms with Crippen molar-refractivity contribution >= 4 is 57.1 Å². The summed E-state index contributed by atoms with van der Waals surface area (Å²) in [5, 5.41) is 2.21. The standard InChI is InChI=1S/C42H34N4/c1-3-15-38-34(4-2)36-27-32(24-25-40(36)45(38)30-17-7-5-8-18-30)44-33(26-29-16-11-13-22-37(29)44)28-41-42(43)35-21-12-14-23-39(35)46(41)31-19-9-6-10-20-31/h3-25,27-28H,2,26,43H2,1H3/b15-3-,33-28+. The molecule has 8 rings (SSSR count). The average molecular weight is 595 g/mol. The number of benzene rings is 5. The number of hydrogen-bond donors (Lipinski definition) is 1. The van der Waals surface area contributed by atoms with E-state index >= 15 is 0 Å². The lowest BCUT2D eigenvalue weighted by Crippen LogP contribution is -2.12. The second kappa shape index (κ2) is 11.2. The van der Waals surface area contributed by atoms with Gasteiger partial charge < -0.3 is 19.8 Å². The molecule has 0 saturated heterocycles. The molecule has 222 valence electrons. The lowest BCUT2D eigenvalue weighted by Gasteiger charge is -2.23. The fourth-order valence-corrected chi connectivity index (χ4v) is 7.02. The summed E-state index contributed by atoms with van der Waals surface area (Å²) in [7, 11) is 0. The minimum Gasteiger partial charge on any atom is -0.396 e. The summed E-state index contributed by atoms with van der Waals surface area (Å²) in [5.41, 5.74) is 20.1. The number of para-hydroxylation sites is 4. The molecule has 0 spiro atoms. The topological polar surface area (TPSA) is 39.1 Å². The zero-order valence-corrected chi connectivity index (χ0v) is 25.8. The Bertz CT molecular complexity index is 2320. The van der Waals surface area contributed by atoms with Gasteiger partial charge in [0.15, 0.2) is 0 Å². The number of nitrogens with zero attached hydrogens (tertiary/aromatic N) is 3. The molecule has 2 aromatic heterocycles. The van der Waals surface area contributed by atoms with E-state index in [-0.39, 0.29) is 0 Å². The van der Waals surface area contributed by atoms with Crippen molar-refractivity contribution < 1.29 is 0 Å². The highest BCUT2D eigenvalue weighted by atomic mass is 15.2. The summed E-state index contributed by atoms with van der Waals surface area (Å²) in [6.45, 7) is 6.30. The third-order valence-electron chi connectivity index (χ3n) is 8.99. The van der Waals surface area contributed by atoms with Crippen molar-refractivity contribution in [1.29, 1.82) is 0 Å². The van der Waals surface area contributed by atoms with Crippen LogP contribution >= 0.6 is 0 Å². The Morgan fingerprint density at radius 3 is 2.00 bits per heavy atom. The van der Waals surface area contributed by atoms with Gasteiger partial charge in [-0.25, -0.2) is 0 Å². The van der Waals surface area contributed by atoms with Gasteiger partial charge in [-0.3, -0.25) is 0 Å². The van der Waals surface area contributed by atoms with E-state index in [2.05, 4.69) is 167 Å². The number of nitrogens with two attached hydrogens (primary N) is 1. The summed E-state index contributed by atoms with van der Waals surface area (Å²) in [5.74, 6) is 0. The van der Waals surface area contributed by atoms with Crippen molar-refractivity contribution in [3.63, 3.8) is 0 Å². The highest BCUT2D eigenvalue weighted by Crippen LogP contribution is 2.44. The minimum atomic E-state index is 0.781. The van der Waals surface area contributed by atoms with E-state index in [1.54, 1.807) is 0 Å². The number of fused-ring (bicyclic) bond motifs is 3. The number of anilines is 3. The smallest absolute Gasteiger partial charge is 0.0716 e. The molecule has 4 nitrogen and oxygen atoms in total. The van der Waals surface area contributed by atoms with Crippen LogP contribution in [0.3, 0.4) is 0 Å². The van der Waals surface area contributed by atoms with Gasteiger partial charge in [0.25, 0.3) is 0 Å². The first kappa shape index (κ1) is 27.5. The molecule has 5 aromatic carbocycles. The average Bonchev–Trinajstić information content (AvgIpc) is 3.72. The van der Waals surface area contributed by atoms with Crippen LogP contribution in [0.5, 0.6) is 0 Å². The predicted molar refractivity (Wildman–Crippen MR) is 196 cm³/mol. The summed E-state index contributed by atoms with van der Waals surface area (Å²) in [6, 6.07) is 44.9. The van der Waals surface area contributed by atoms with Crippen LogP contribution in [0.4, 0.5) is 17.1 Å². The largest absolute Gasteiger partial charge is 0.396 e. The first-order chi connectivity index (χ1) is 22.7. The van der Waals surface area contributed by atoms with Crippen LogP contribution < -0.4 is 10.6 Å². The molecule has 0 saturated carbocycles. The van der Waals surface area contributed by atoms with Crippen LogP contribution in [0.25, 0.3) is 51.4 Å². The van der Waals surface area contributed by atoms with Gasteiger partial charge >= 0.3 is 0 Å². The number of aromatic nitrogens is 2. The van der Waals surface area contributed by atoms with Gasteiger partial charge in [-0.05, 0) is 79.2 Å². The second-order valence-corrected chi connectivity index (χ2v) is 11.6. The Kier molecular flexibility index (Phi) is 6.69. The van der Waals surface area contributed by atoms with Crippen LogP contribution in [0.1, 0.15) is 29.4 Å². The maximum absolute atomic E-state index is 6.96. The zero-order valence-electron chi connectivity index (χ0n) is 25.8. The van der Waals surface area contributed by atoms with E-state index in [4.69, 9.17) is 5.73 Å². The molecule has 0 bridgehead atoms. The molecule has 0 unspecified atom stereocenters. The minimum absolute atomic E-state index is 0.781. The van der Waals surface area contributed by atoms with E-state index in [0.29, 0.717) is 0 Å². The van der Waals surface area contributed by atoms with Gasteiger partial charge in [-0.1, -0.05) is 91.5 Å². The third kappa shape index (κ3) is 4.30. The summed E-state index contributed by atoms with van der Waals surface area (Å²) >= 11 is 0. The van der Waals surface area contributed by atoms with Crippen LogP contribution in [0.15, 0.2) is 146 Å². The Labute approximate surface area is 269 Å². The van der Waals surface area contributed by atoms with Gasteiger partial charge in [0.1, 0.15) is 0 Å². The van der Waals surface area contributed by atoms with Crippen molar-refractivity contribution in [3.05, 3.63) is 168 Å². The van der Waals surface area contributed by atoms with Gasteiger partial charge in [0.05, 0.1) is 28.1 Å². The molecule has 0 amide bonds. The first-order valence-electron chi connectivity index (χ1n) is 15.7. The summed E-state index contributed by atoms with van der Waals surface area (Å²) in [4.78, 5) is 2.39. The Hall–Kier alpha value is -6.00. The highest BCUT2D eigenvalue weighted by Gasteiger charge is 2.28. The molecule has 7 aromatic rings. The van der Waals surface area contributed by atoms with E-state index in [1.807, 2.05) is 12.1 Å². The lowest BCUT2D eigenvalue weighted by molar-refractivity contribution is 1.09. The summed E-state index contributed by atoms with van der Waals surface area (Å²) < 4.78 is 4.60. The fraction of sp³-hybridized carbons (Fsp3) is 0.0476. The maximum Gasteiger partial charge on any atom is 0.0716 e. The molecule has 3 heterocycles. The van der Waals surface area contributed by atoms with Crippen molar-refractivity contribution in [3.8, 4) is 11.4 Å². The normalized spacial score (nSPS) is 13.8. The quantitative estimate of drug-likeness (QED) is 0.208.